The van der Waals surface area contributed by atoms with E-state index < -0.39 is 0 Å². The summed E-state index contributed by atoms with van der Waals surface area (Å²) in [5.74, 6) is 0.877. The van der Waals surface area contributed by atoms with Gasteiger partial charge < -0.3 is 9.73 Å². The van der Waals surface area contributed by atoms with Crippen LogP contribution in [0, 0.1) is 11.3 Å². The van der Waals surface area contributed by atoms with Crippen LogP contribution in [0.3, 0.4) is 0 Å². The molecule has 1 heterocycles. The number of hydrogen-bond donors (Lipinski definition) is 1. The first-order chi connectivity index (χ1) is 10.7. The number of nitrogens with one attached hydrogen (secondary N) is 1. The minimum atomic E-state index is 0.377. The largest absolute Gasteiger partial charge is 0.419 e. The summed E-state index contributed by atoms with van der Waals surface area (Å²) in [6, 6.07) is 16.5. The lowest BCUT2D eigenvalue weighted by atomic mass is 10.2. The monoisotopic (exact) mass is 310 g/mol. The van der Waals surface area contributed by atoms with Crippen LogP contribution in [0.1, 0.15) is 11.5 Å². The zero-order valence-electron chi connectivity index (χ0n) is 11.5. The third-order valence-electron chi connectivity index (χ3n) is 2.97. The van der Waals surface area contributed by atoms with E-state index in [1.165, 1.54) is 0 Å². The van der Waals surface area contributed by atoms with Gasteiger partial charge in [-0.05, 0) is 36.4 Å². The third kappa shape index (κ3) is 3.25. The van der Waals surface area contributed by atoms with Gasteiger partial charge in [0, 0.05) is 16.3 Å². The van der Waals surface area contributed by atoms with Crippen molar-refractivity contribution in [1.82, 2.24) is 10.2 Å². The lowest BCUT2D eigenvalue weighted by molar-refractivity contribution is 0.515. The van der Waals surface area contributed by atoms with E-state index in [-0.39, 0.29) is 0 Å². The van der Waals surface area contributed by atoms with Gasteiger partial charge in [-0.3, -0.25) is 0 Å². The van der Waals surface area contributed by atoms with E-state index in [2.05, 4.69) is 21.6 Å². The normalized spacial score (nSPS) is 10.2. The van der Waals surface area contributed by atoms with Crippen molar-refractivity contribution < 1.29 is 4.42 Å². The smallest absolute Gasteiger partial charge is 0.247 e. The van der Waals surface area contributed by atoms with Crippen LogP contribution in [0.2, 0.25) is 5.02 Å². The van der Waals surface area contributed by atoms with Crippen molar-refractivity contribution in [1.29, 1.82) is 5.26 Å². The molecule has 0 atom stereocenters. The van der Waals surface area contributed by atoms with Gasteiger partial charge in [0.1, 0.15) is 0 Å². The van der Waals surface area contributed by atoms with Gasteiger partial charge >= 0.3 is 0 Å². The molecule has 0 amide bonds. The topological polar surface area (TPSA) is 74.7 Å². The second-order valence-corrected chi connectivity index (χ2v) is 4.99. The minimum absolute atomic E-state index is 0.377. The first kappa shape index (κ1) is 14.1. The molecule has 0 aliphatic heterocycles. The molecular weight excluding hydrogens is 300 g/mol. The average Bonchev–Trinajstić information content (AvgIpc) is 3.02. The first-order valence-corrected chi connectivity index (χ1v) is 6.95. The molecule has 3 aromatic rings. The van der Waals surface area contributed by atoms with Crippen LogP contribution in [0.5, 0.6) is 0 Å². The van der Waals surface area contributed by atoms with Crippen LogP contribution in [-0.2, 0) is 6.54 Å². The summed E-state index contributed by atoms with van der Waals surface area (Å²) < 4.78 is 5.59. The first-order valence-electron chi connectivity index (χ1n) is 6.57. The summed E-state index contributed by atoms with van der Waals surface area (Å²) in [6.07, 6.45) is 0. The summed E-state index contributed by atoms with van der Waals surface area (Å²) in [5.41, 5.74) is 2.19. The van der Waals surface area contributed by atoms with E-state index in [0.717, 1.165) is 11.3 Å². The average molecular weight is 311 g/mol. The Labute approximate surface area is 132 Å². The summed E-state index contributed by atoms with van der Waals surface area (Å²) >= 11 is 5.94. The summed E-state index contributed by atoms with van der Waals surface area (Å²) in [7, 11) is 0. The molecule has 1 N–H and O–H groups in total. The molecule has 108 valence electrons. The van der Waals surface area contributed by atoms with Gasteiger partial charge in [0.05, 0.1) is 18.2 Å². The van der Waals surface area contributed by atoms with Gasteiger partial charge in [0.2, 0.25) is 11.8 Å². The predicted octanol–water partition coefficient (Wildman–Crippen LogP) is 3.87. The van der Waals surface area contributed by atoms with Crippen molar-refractivity contribution >= 4 is 17.3 Å². The Bertz CT molecular complexity index is 838. The molecule has 0 saturated heterocycles. The predicted molar refractivity (Wildman–Crippen MR) is 83.2 cm³/mol. The van der Waals surface area contributed by atoms with Crippen molar-refractivity contribution in [3.05, 3.63) is 65.0 Å². The number of hydrogen-bond acceptors (Lipinski definition) is 5. The van der Waals surface area contributed by atoms with Gasteiger partial charge in [-0.25, -0.2) is 0 Å². The molecule has 0 saturated carbocycles. The Kier molecular flexibility index (Phi) is 4.03. The van der Waals surface area contributed by atoms with Gasteiger partial charge in [-0.1, -0.05) is 23.7 Å². The fourth-order valence-corrected chi connectivity index (χ4v) is 2.13. The van der Waals surface area contributed by atoms with Crippen LogP contribution in [0.15, 0.2) is 52.9 Å². The van der Waals surface area contributed by atoms with E-state index in [1.807, 2.05) is 24.3 Å². The van der Waals surface area contributed by atoms with Crippen molar-refractivity contribution in [3.63, 3.8) is 0 Å². The van der Waals surface area contributed by atoms with Crippen molar-refractivity contribution in [2.24, 2.45) is 0 Å². The van der Waals surface area contributed by atoms with Gasteiger partial charge in [-0.15, -0.1) is 10.2 Å². The molecule has 0 bridgehead atoms. The maximum Gasteiger partial charge on any atom is 0.247 e. The Hall–Kier alpha value is -2.84. The molecular formula is C16H11ClN4O. The molecule has 22 heavy (non-hydrogen) atoms. The highest BCUT2D eigenvalue weighted by atomic mass is 35.5. The van der Waals surface area contributed by atoms with Gasteiger partial charge in [0.15, 0.2) is 0 Å². The fraction of sp³-hybridized carbons (Fsp3) is 0.0625. The van der Waals surface area contributed by atoms with E-state index >= 15 is 0 Å². The maximum absolute atomic E-state index is 8.87. The number of rotatable bonds is 4. The van der Waals surface area contributed by atoms with Gasteiger partial charge in [0.25, 0.3) is 0 Å². The van der Waals surface area contributed by atoms with E-state index in [4.69, 9.17) is 21.3 Å². The summed E-state index contributed by atoms with van der Waals surface area (Å²) in [4.78, 5) is 0. The third-order valence-corrected chi connectivity index (χ3v) is 3.21. The highest BCUT2D eigenvalue weighted by molar-refractivity contribution is 6.30. The number of nitrogens with zero attached hydrogens (tertiary/aromatic N) is 3. The van der Waals surface area contributed by atoms with Crippen LogP contribution < -0.4 is 5.32 Å². The SMILES string of the molecule is N#Cc1cccc(NCc2nnc(-c3cccc(Cl)c3)o2)c1. The van der Waals surface area contributed by atoms with Crippen LogP contribution >= 0.6 is 11.6 Å². The Balaban J connectivity index is 1.71. The molecule has 0 spiro atoms. The lowest BCUT2D eigenvalue weighted by Crippen LogP contribution is -1.99. The molecule has 2 aromatic carbocycles. The highest BCUT2D eigenvalue weighted by Crippen LogP contribution is 2.21. The number of nitriles is 1. The molecule has 3 rings (SSSR count). The standard InChI is InChI=1S/C16H11ClN4O/c17-13-5-2-4-12(8-13)16-21-20-15(22-16)10-19-14-6-1-3-11(7-14)9-18/h1-8,19H,10H2. The molecule has 0 unspecified atom stereocenters. The zero-order chi connectivity index (χ0) is 15.4. The van der Waals surface area contributed by atoms with E-state index in [0.29, 0.717) is 28.9 Å². The van der Waals surface area contributed by atoms with Crippen molar-refractivity contribution in [2.45, 2.75) is 6.54 Å². The molecule has 0 radical (unpaired) electrons. The Morgan fingerprint density at radius 1 is 1.14 bits per heavy atom. The number of benzene rings is 2. The van der Waals surface area contributed by atoms with Crippen molar-refractivity contribution in [3.8, 4) is 17.5 Å². The lowest BCUT2D eigenvalue weighted by Gasteiger charge is -2.03. The molecule has 0 aliphatic carbocycles. The second kappa shape index (κ2) is 6.29. The summed E-state index contributed by atoms with van der Waals surface area (Å²) in [5, 5.41) is 20.6. The van der Waals surface area contributed by atoms with E-state index in [1.54, 1.807) is 24.3 Å². The number of aromatic nitrogens is 2. The minimum Gasteiger partial charge on any atom is -0.419 e. The van der Waals surface area contributed by atoms with Crippen LogP contribution in [0.25, 0.3) is 11.5 Å². The fourth-order valence-electron chi connectivity index (χ4n) is 1.94. The molecule has 5 nitrogen and oxygen atoms in total. The quantitative estimate of drug-likeness (QED) is 0.791. The molecule has 6 heteroatoms. The number of anilines is 1. The Morgan fingerprint density at radius 3 is 2.82 bits per heavy atom. The maximum atomic E-state index is 8.87. The molecule has 1 aromatic heterocycles. The number of halogens is 1. The molecule has 0 aliphatic rings. The second-order valence-electron chi connectivity index (χ2n) is 4.56. The van der Waals surface area contributed by atoms with Gasteiger partial charge in [-0.2, -0.15) is 5.26 Å². The van der Waals surface area contributed by atoms with Crippen LogP contribution in [0.4, 0.5) is 5.69 Å². The van der Waals surface area contributed by atoms with Crippen molar-refractivity contribution in [2.75, 3.05) is 5.32 Å². The summed E-state index contributed by atoms with van der Waals surface area (Å²) in [6.45, 7) is 0.377. The Morgan fingerprint density at radius 2 is 2.00 bits per heavy atom. The van der Waals surface area contributed by atoms with Crippen LogP contribution in [-0.4, -0.2) is 10.2 Å². The zero-order valence-corrected chi connectivity index (χ0v) is 12.2. The van der Waals surface area contributed by atoms with E-state index in [9.17, 15) is 0 Å². The molecule has 0 fully saturated rings. The highest BCUT2D eigenvalue weighted by Gasteiger charge is 2.08.